The molecule has 0 saturated heterocycles. The highest BCUT2D eigenvalue weighted by atomic mass is 19.1. The molecule has 1 rings (SSSR count). The van der Waals surface area contributed by atoms with E-state index in [4.69, 9.17) is 5.26 Å². The maximum atomic E-state index is 13.3. The highest BCUT2D eigenvalue weighted by Crippen LogP contribution is 2.13. The van der Waals surface area contributed by atoms with Crippen molar-refractivity contribution < 1.29 is 9.18 Å². The minimum Gasteiger partial charge on any atom is -0.376 e. The van der Waals surface area contributed by atoms with Crippen molar-refractivity contribution in [2.24, 2.45) is 0 Å². The van der Waals surface area contributed by atoms with Gasteiger partial charge in [-0.2, -0.15) is 5.26 Å². The number of nitrogens with zero attached hydrogens (tertiary/aromatic N) is 2. The van der Waals surface area contributed by atoms with Crippen LogP contribution >= 0.6 is 0 Å². The van der Waals surface area contributed by atoms with E-state index < -0.39 is 5.82 Å². The average Bonchev–Trinajstić information content (AvgIpc) is 2.38. The third-order valence-electron chi connectivity index (χ3n) is 2.65. The molecule has 0 unspecified atom stereocenters. The molecule has 0 aromatic heterocycles. The first-order valence-electron chi connectivity index (χ1n) is 5.83. The molecule has 96 valence electrons. The minimum atomic E-state index is -0.585. The van der Waals surface area contributed by atoms with Crippen LogP contribution in [0, 0.1) is 17.1 Å². The minimum absolute atomic E-state index is 0.00406. The quantitative estimate of drug-likeness (QED) is 0.868. The van der Waals surface area contributed by atoms with E-state index in [0.717, 1.165) is 0 Å². The molecule has 0 aliphatic heterocycles. The molecule has 0 bridgehead atoms. The molecule has 0 fully saturated rings. The predicted octanol–water partition coefficient (Wildman–Crippen LogP) is 1.98. The van der Waals surface area contributed by atoms with Gasteiger partial charge in [-0.05, 0) is 32.0 Å². The fourth-order valence-corrected chi connectivity index (χ4v) is 1.58. The molecule has 0 spiro atoms. The van der Waals surface area contributed by atoms with Crippen LogP contribution in [0.15, 0.2) is 18.2 Å². The monoisotopic (exact) mass is 249 g/mol. The van der Waals surface area contributed by atoms with Gasteiger partial charge in [-0.1, -0.05) is 0 Å². The van der Waals surface area contributed by atoms with Crippen molar-refractivity contribution in [3.63, 3.8) is 0 Å². The van der Waals surface area contributed by atoms with E-state index >= 15 is 0 Å². The molecule has 18 heavy (non-hydrogen) atoms. The molecular formula is C13H16FN3O. The molecule has 1 aromatic rings. The number of halogens is 1. The first-order chi connectivity index (χ1) is 8.62. The number of carbonyl (C=O) groups excluding carboxylic acids is 1. The third-order valence-corrected chi connectivity index (χ3v) is 2.65. The number of hydrogen-bond donors (Lipinski definition) is 1. The molecule has 1 amide bonds. The average molecular weight is 249 g/mol. The van der Waals surface area contributed by atoms with E-state index in [1.807, 2.05) is 13.8 Å². The molecule has 0 saturated carbocycles. The summed E-state index contributed by atoms with van der Waals surface area (Å²) < 4.78 is 13.3. The smallest absolute Gasteiger partial charge is 0.241 e. The number of likely N-dealkylation sites (N-methyl/N-ethyl adjacent to an activating group) is 1. The van der Waals surface area contributed by atoms with Gasteiger partial charge in [0.25, 0.3) is 0 Å². The topological polar surface area (TPSA) is 56.1 Å². The molecule has 1 aromatic carbocycles. The Labute approximate surface area is 106 Å². The Morgan fingerprint density at radius 3 is 2.61 bits per heavy atom. The summed E-state index contributed by atoms with van der Waals surface area (Å²) in [6.45, 7) is 5.23. The lowest BCUT2D eigenvalue weighted by Gasteiger charge is -2.19. The van der Waals surface area contributed by atoms with Crippen LogP contribution < -0.4 is 5.32 Å². The maximum Gasteiger partial charge on any atom is 0.241 e. The number of rotatable bonds is 5. The molecular weight excluding hydrogens is 233 g/mol. The Morgan fingerprint density at radius 1 is 1.44 bits per heavy atom. The summed E-state index contributed by atoms with van der Waals surface area (Å²) in [7, 11) is 0. The molecule has 1 N–H and O–H groups in total. The van der Waals surface area contributed by atoms with Crippen molar-refractivity contribution in [1.82, 2.24) is 4.90 Å². The largest absolute Gasteiger partial charge is 0.376 e. The van der Waals surface area contributed by atoms with Gasteiger partial charge >= 0.3 is 0 Å². The summed E-state index contributed by atoms with van der Waals surface area (Å²) in [6.07, 6.45) is 0. The van der Waals surface area contributed by atoms with Gasteiger partial charge in [0.1, 0.15) is 11.9 Å². The molecule has 0 atom stereocenters. The third kappa shape index (κ3) is 3.45. The zero-order valence-corrected chi connectivity index (χ0v) is 10.5. The second-order valence-corrected chi connectivity index (χ2v) is 3.73. The lowest BCUT2D eigenvalue weighted by atomic mass is 10.2. The summed E-state index contributed by atoms with van der Waals surface area (Å²) in [5, 5.41) is 11.4. The van der Waals surface area contributed by atoms with Crippen molar-refractivity contribution in [3.05, 3.63) is 29.6 Å². The highest BCUT2D eigenvalue weighted by Gasteiger charge is 2.09. The van der Waals surface area contributed by atoms with Crippen molar-refractivity contribution in [2.45, 2.75) is 13.8 Å². The fraction of sp³-hybridized carbons (Fsp3) is 0.385. The summed E-state index contributed by atoms with van der Waals surface area (Å²) in [6, 6.07) is 5.93. The fourth-order valence-electron chi connectivity index (χ4n) is 1.58. The normalized spacial score (nSPS) is 9.67. The van der Waals surface area contributed by atoms with Crippen molar-refractivity contribution in [2.75, 3.05) is 25.0 Å². The van der Waals surface area contributed by atoms with Crippen molar-refractivity contribution in [1.29, 1.82) is 5.26 Å². The van der Waals surface area contributed by atoms with Gasteiger partial charge in [-0.15, -0.1) is 0 Å². The first-order valence-corrected chi connectivity index (χ1v) is 5.83. The Hall–Kier alpha value is -2.09. The van der Waals surface area contributed by atoms with E-state index in [1.54, 1.807) is 17.0 Å². The highest BCUT2D eigenvalue weighted by molar-refractivity contribution is 5.80. The van der Waals surface area contributed by atoms with E-state index in [2.05, 4.69) is 5.32 Å². The Morgan fingerprint density at radius 2 is 2.11 bits per heavy atom. The Balaban J connectivity index is 2.62. The van der Waals surface area contributed by atoms with Crippen LogP contribution in [0.4, 0.5) is 10.1 Å². The molecule has 0 radical (unpaired) electrons. The van der Waals surface area contributed by atoms with Gasteiger partial charge < -0.3 is 10.2 Å². The van der Waals surface area contributed by atoms with Crippen LogP contribution in [0.5, 0.6) is 0 Å². The van der Waals surface area contributed by atoms with E-state index in [-0.39, 0.29) is 18.0 Å². The van der Waals surface area contributed by atoms with Crippen LogP contribution in [0.25, 0.3) is 0 Å². The number of carbonyl (C=O) groups is 1. The second kappa shape index (κ2) is 6.60. The summed E-state index contributed by atoms with van der Waals surface area (Å²) in [4.78, 5) is 13.4. The molecule has 0 heterocycles. The van der Waals surface area contributed by atoms with Crippen LogP contribution in [0.1, 0.15) is 19.4 Å². The molecule has 5 heteroatoms. The zero-order valence-electron chi connectivity index (χ0n) is 10.5. The van der Waals surface area contributed by atoms with E-state index in [0.29, 0.717) is 18.8 Å². The number of amides is 1. The zero-order chi connectivity index (χ0) is 13.5. The number of nitrogens with one attached hydrogen (secondary N) is 1. The molecule has 4 nitrogen and oxygen atoms in total. The number of anilines is 1. The molecule has 0 aliphatic rings. The van der Waals surface area contributed by atoms with Gasteiger partial charge in [-0.3, -0.25) is 4.79 Å². The van der Waals surface area contributed by atoms with Crippen molar-refractivity contribution >= 4 is 11.6 Å². The number of benzene rings is 1. The lowest BCUT2D eigenvalue weighted by molar-refractivity contribution is -0.128. The number of nitriles is 1. The maximum absolute atomic E-state index is 13.3. The molecule has 0 aliphatic carbocycles. The summed E-state index contributed by atoms with van der Waals surface area (Å²) in [5.41, 5.74) is 0.489. The van der Waals surface area contributed by atoms with Crippen LogP contribution in [-0.2, 0) is 4.79 Å². The SMILES string of the molecule is CCN(CC)C(=O)CNc1ccc(C#N)c(F)c1. The first kappa shape index (κ1) is 14.0. The van der Waals surface area contributed by atoms with Gasteiger partial charge in [0.2, 0.25) is 5.91 Å². The van der Waals surface area contributed by atoms with E-state index in [1.165, 1.54) is 12.1 Å². The Kier molecular flexibility index (Phi) is 5.12. The van der Waals surface area contributed by atoms with Crippen LogP contribution in [-0.4, -0.2) is 30.4 Å². The second-order valence-electron chi connectivity index (χ2n) is 3.73. The lowest BCUT2D eigenvalue weighted by Crippen LogP contribution is -2.35. The standard InChI is InChI=1S/C13H16FN3O/c1-3-17(4-2)13(18)9-16-11-6-5-10(8-15)12(14)7-11/h5-7,16H,3-4,9H2,1-2H3. The van der Waals surface area contributed by atoms with Crippen LogP contribution in [0.3, 0.4) is 0 Å². The van der Waals surface area contributed by atoms with Gasteiger partial charge in [0.05, 0.1) is 12.1 Å². The van der Waals surface area contributed by atoms with Crippen molar-refractivity contribution in [3.8, 4) is 6.07 Å². The Bertz CT molecular complexity index is 464. The van der Waals surface area contributed by atoms with Gasteiger partial charge in [0.15, 0.2) is 0 Å². The van der Waals surface area contributed by atoms with Gasteiger partial charge in [-0.25, -0.2) is 4.39 Å². The summed E-state index contributed by atoms with van der Waals surface area (Å²) in [5.74, 6) is -0.623. The van der Waals surface area contributed by atoms with Gasteiger partial charge in [0, 0.05) is 18.8 Å². The van der Waals surface area contributed by atoms with Crippen LogP contribution in [0.2, 0.25) is 0 Å². The summed E-state index contributed by atoms with van der Waals surface area (Å²) >= 11 is 0. The van der Waals surface area contributed by atoms with E-state index in [9.17, 15) is 9.18 Å². The number of hydrogen-bond acceptors (Lipinski definition) is 3. The predicted molar refractivity (Wildman–Crippen MR) is 67.5 cm³/mol.